The largest absolute Gasteiger partial charge is 0.486 e. The molecule has 0 aliphatic carbocycles. The molecule has 0 bridgehead atoms. The van der Waals surface area contributed by atoms with E-state index >= 15 is 0 Å². The third-order valence-electron chi connectivity index (χ3n) is 3.82. The van der Waals surface area contributed by atoms with Gasteiger partial charge in [0, 0.05) is 10.0 Å². The van der Waals surface area contributed by atoms with Crippen molar-refractivity contribution in [3.8, 4) is 11.5 Å². The lowest BCUT2D eigenvalue weighted by molar-refractivity contribution is 0.168. The second kappa shape index (κ2) is 5.10. The number of rotatable bonds is 1. The molecule has 2 heterocycles. The average Bonchev–Trinajstić information content (AvgIpc) is 2.41. The number of halogens is 1. The summed E-state index contributed by atoms with van der Waals surface area (Å²) in [4.78, 5) is 0. The summed E-state index contributed by atoms with van der Waals surface area (Å²) >= 11 is 3.64. The Morgan fingerprint density at radius 2 is 1.94 bits per heavy atom. The molecule has 3 rings (SSSR count). The molecule has 0 amide bonds. The summed E-state index contributed by atoms with van der Waals surface area (Å²) in [5.74, 6) is 2.46. The molecule has 0 atom stereocenters. The monoisotopic (exact) mass is 311 g/mol. The molecule has 4 heteroatoms. The molecule has 1 fully saturated rings. The topological polar surface area (TPSA) is 30.5 Å². The molecule has 0 unspecified atom stereocenters. The van der Waals surface area contributed by atoms with Gasteiger partial charge in [-0.05, 0) is 50.4 Å². The number of nitrogens with one attached hydrogen (secondary N) is 1. The van der Waals surface area contributed by atoms with E-state index in [0.29, 0.717) is 19.1 Å². The van der Waals surface area contributed by atoms with Gasteiger partial charge in [0.25, 0.3) is 0 Å². The molecule has 1 N–H and O–H groups in total. The van der Waals surface area contributed by atoms with Crippen molar-refractivity contribution in [3.05, 3.63) is 21.7 Å². The van der Waals surface area contributed by atoms with Crippen LogP contribution in [-0.4, -0.2) is 26.3 Å². The summed E-state index contributed by atoms with van der Waals surface area (Å²) in [6.45, 7) is 5.65. The number of hydrogen-bond acceptors (Lipinski definition) is 3. The summed E-state index contributed by atoms with van der Waals surface area (Å²) in [6.07, 6.45) is 2.35. The van der Waals surface area contributed by atoms with Crippen molar-refractivity contribution in [2.24, 2.45) is 0 Å². The first kappa shape index (κ1) is 12.3. The number of fused-ring (bicyclic) bond motifs is 1. The molecule has 2 aliphatic heterocycles. The van der Waals surface area contributed by atoms with E-state index in [2.05, 4.69) is 28.2 Å². The van der Waals surface area contributed by atoms with E-state index in [1.54, 1.807) is 0 Å². The molecule has 0 saturated carbocycles. The van der Waals surface area contributed by atoms with Gasteiger partial charge in [-0.2, -0.15) is 0 Å². The van der Waals surface area contributed by atoms with Crippen LogP contribution in [0.5, 0.6) is 11.5 Å². The van der Waals surface area contributed by atoms with Crippen molar-refractivity contribution in [3.63, 3.8) is 0 Å². The van der Waals surface area contributed by atoms with E-state index in [9.17, 15) is 0 Å². The van der Waals surface area contributed by atoms with E-state index in [0.717, 1.165) is 29.1 Å². The number of piperidine rings is 1. The van der Waals surface area contributed by atoms with Gasteiger partial charge >= 0.3 is 0 Å². The lowest BCUT2D eigenvalue weighted by Crippen LogP contribution is -2.28. The van der Waals surface area contributed by atoms with E-state index in [1.165, 1.54) is 24.0 Å². The number of ether oxygens (including phenoxy) is 2. The Kier molecular flexibility index (Phi) is 3.48. The highest BCUT2D eigenvalue weighted by Gasteiger charge is 2.27. The van der Waals surface area contributed by atoms with Crippen LogP contribution in [-0.2, 0) is 0 Å². The quantitative estimate of drug-likeness (QED) is 0.865. The van der Waals surface area contributed by atoms with Gasteiger partial charge in [0.15, 0.2) is 11.5 Å². The van der Waals surface area contributed by atoms with Gasteiger partial charge in [0.2, 0.25) is 0 Å². The molecule has 2 aliphatic rings. The fraction of sp³-hybridized carbons (Fsp3) is 0.571. The molecule has 0 spiro atoms. The Labute approximate surface area is 116 Å². The zero-order chi connectivity index (χ0) is 12.5. The SMILES string of the molecule is Cc1c(Br)cc2c(c1C1CCNCC1)OCCO2. The van der Waals surface area contributed by atoms with Crippen LogP contribution >= 0.6 is 15.9 Å². The summed E-state index contributed by atoms with van der Waals surface area (Å²) in [7, 11) is 0. The van der Waals surface area contributed by atoms with Crippen molar-refractivity contribution in [2.75, 3.05) is 26.3 Å². The van der Waals surface area contributed by atoms with E-state index in [-0.39, 0.29) is 0 Å². The lowest BCUT2D eigenvalue weighted by atomic mass is 9.86. The van der Waals surface area contributed by atoms with Crippen LogP contribution < -0.4 is 14.8 Å². The fourth-order valence-electron chi connectivity index (χ4n) is 2.87. The van der Waals surface area contributed by atoms with Crippen LogP contribution in [0.3, 0.4) is 0 Å². The Hall–Kier alpha value is -0.740. The first-order chi connectivity index (χ1) is 8.77. The summed E-state index contributed by atoms with van der Waals surface area (Å²) in [6, 6.07) is 2.04. The van der Waals surface area contributed by atoms with Gasteiger partial charge in [0.1, 0.15) is 13.2 Å². The molecule has 18 heavy (non-hydrogen) atoms. The second-order valence-corrected chi connectivity index (χ2v) is 5.80. The third kappa shape index (κ3) is 2.12. The van der Waals surface area contributed by atoms with Crippen LogP contribution in [0.25, 0.3) is 0 Å². The maximum Gasteiger partial charge on any atom is 0.165 e. The maximum atomic E-state index is 5.88. The van der Waals surface area contributed by atoms with Crippen LogP contribution in [0.2, 0.25) is 0 Å². The van der Waals surface area contributed by atoms with Gasteiger partial charge in [-0.1, -0.05) is 15.9 Å². The highest BCUT2D eigenvalue weighted by molar-refractivity contribution is 9.10. The minimum absolute atomic E-state index is 0.583. The van der Waals surface area contributed by atoms with Gasteiger partial charge in [-0.15, -0.1) is 0 Å². The van der Waals surface area contributed by atoms with Crippen molar-refractivity contribution in [2.45, 2.75) is 25.7 Å². The van der Waals surface area contributed by atoms with E-state index in [4.69, 9.17) is 9.47 Å². The normalized spacial score (nSPS) is 19.9. The number of hydrogen-bond donors (Lipinski definition) is 1. The highest BCUT2D eigenvalue weighted by atomic mass is 79.9. The van der Waals surface area contributed by atoms with Crippen LogP contribution in [0, 0.1) is 6.92 Å². The second-order valence-electron chi connectivity index (χ2n) is 4.95. The molecule has 1 aromatic carbocycles. The zero-order valence-corrected chi connectivity index (χ0v) is 12.2. The van der Waals surface area contributed by atoms with Crippen LogP contribution in [0.15, 0.2) is 10.5 Å². The molecular formula is C14H18BrNO2. The van der Waals surface area contributed by atoms with Crippen LogP contribution in [0.4, 0.5) is 0 Å². The highest BCUT2D eigenvalue weighted by Crippen LogP contribution is 2.45. The Bertz CT molecular complexity index is 456. The lowest BCUT2D eigenvalue weighted by Gasteiger charge is -2.30. The van der Waals surface area contributed by atoms with E-state index in [1.807, 2.05) is 6.07 Å². The van der Waals surface area contributed by atoms with Gasteiger partial charge in [0.05, 0.1) is 0 Å². The molecular weight excluding hydrogens is 294 g/mol. The molecule has 3 nitrogen and oxygen atoms in total. The third-order valence-corrected chi connectivity index (χ3v) is 4.65. The smallest absolute Gasteiger partial charge is 0.165 e. The standard InChI is InChI=1S/C14H18BrNO2/c1-9-11(15)8-12-14(18-7-6-17-12)13(9)10-2-4-16-5-3-10/h8,10,16H,2-7H2,1H3. The van der Waals surface area contributed by atoms with Gasteiger partial charge in [-0.3, -0.25) is 0 Å². The fourth-order valence-corrected chi connectivity index (χ4v) is 3.30. The van der Waals surface area contributed by atoms with Crippen molar-refractivity contribution < 1.29 is 9.47 Å². The molecule has 98 valence electrons. The zero-order valence-electron chi connectivity index (χ0n) is 10.6. The maximum absolute atomic E-state index is 5.88. The Morgan fingerprint density at radius 1 is 1.22 bits per heavy atom. The first-order valence-electron chi connectivity index (χ1n) is 6.56. The molecule has 1 aromatic rings. The first-order valence-corrected chi connectivity index (χ1v) is 7.36. The predicted octanol–water partition coefficient (Wildman–Crippen LogP) is 3.00. The number of benzene rings is 1. The molecule has 0 radical (unpaired) electrons. The average molecular weight is 312 g/mol. The van der Waals surface area contributed by atoms with Crippen molar-refractivity contribution in [1.29, 1.82) is 0 Å². The van der Waals surface area contributed by atoms with Gasteiger partial charge in [-0.25, -0.2) is 0 Å². The summed E-state index contributed by atoms with van der Waals surface area (Å²) in [5.41, 5.74) is 2.65. The van der Waals surface area contributed by atoms with Crippen molar-refractivity contribution in [1.82, 2.24) is 5.32 Å². The van der Waals surface area contributed by atoms with Crippen LogP contribution in [0.1, 0.15) is 29.9 Å². The molecule has 0 aromatic heterocycles. The Balaban J connectivity index is 2.07. The predicted molar refractivity (Wildman–Crippen MR) is 74.7 cm³/mol. The van der Waals surface area contributed by atoms with E-state index < -0.39 is 0 Å². The molecule has 1 saturated heterocycles. The van der Waals surface area contributed by atoms with Crippen molar-refractivity contribution >= 4 is 15.9 Å². The summed E-state index contributed by atoms with van der Waals surface area (Å²) < 4.78 is 12.7. The Morgan fingerprint density at radius 3 is 2.72 bits per heavy atom. The van der Waals surface area contributed by atoms with Gasteiger partial charge < -0.3 is 14.8 Å². The minimum atomic E-state index is 0.583. The summed E-state index contributed by atoms with van der Waals surface area (Å²) in [5, 5.41) is 3.41. The minimum Gasteiger partial charge on any atom is -0.486 e.